The lowest BCUT2D eigenvalue weighted by molar-refractivity contribution is -0.385. The van der Waals surface area contributed by atoms with Crippen molar-refractivity contribution in [1.29, 1.82) is 0 Å². The fourth-order valence-corrected chi connectivity index (χ4v) is 5.14. The molecule has 0 saturated carbocycles. The lowest BCUT2D eigenvalue weighted by Gasteiger charge is -2.43. The normalized spacial score (nSPS) is 21.3. The Kier molecular flexibility index (Phi) is 6.16. The lowest BCUT2D eigenvalue weighted by Crippen LogP contribution is -2.46. The Balaban J connectivity index is 1.59. The summed E-state index contributed by atoms with van der Waals surface area (Å²) >= 11 is 0. The summed E-state index contributed by atoms with van der Waals surface area (Å²) in [5, 5.41) is 22.5. The SMILES string of the molecule is O=C1C=CC2CN(C(=Cc3cccc([N+](=O)[O-])c3)c3ccc([N+](=O)[O-])cc3)C1CC2c1ccccc1. The van der Waals surface area contributed by atoms with E-state index in [1.807, 2.05) is 35.3 Å². The van der Waals surface area contributed by atoms with Gasteiger partial charge >= 0.3 is 0 Å². The van der Waals surface area contributed by atoms with Gasteiger partial charge in [-0.1, -0.05) is 48.5 Å². The molecule has 3 aromatic rings. The molecule has 0 radical (unpaired) electrons. The summed E-state index contributed by atoms with van der Waals surface area (Å²) in [6.45, 7) is 0.574. The van der Waals surface area contributed by atoms with Gasteiger partial charge in [-0.2, -0.15) is 0 Å². The van der Waals surface area contributed by atoms with E-state index in [1.165, 1.54) is 29.8 Å². The molecule has 180 valence electrons. The van der Waals surface area contributed by atoms with E-state index in [1.54, 1.807) is 30.3 Å². The van der Waals surface area contributed by atoms with Gasteiger partial charge in [-0.05, 0) is 53.3 Å². The summed E-state index contributed by atoms with van der Waals surface area (Å²) in [6, 6.07) is 22.2. The van der Waals surface area contributed by atoms with Gasteiger partial charge in [-0.15, -0.1) is 0 Å². The second-order valence-electron chi connectivity index (χ2n) is 9.03. The van der Waals surface area contributed by atoms with E-state index < -0.39 is 15.9 Å². The molecule has 1 saturated heterocycles. The Labute approximate surface area is 207 Å². The van der Waals surface area contributed by atoms with Gasteiger partial charge in [0.15, 0.2) is 5.78 Å². The van der Waals surface area contributed by atoms with E-state index in [9.17, 15) is 25.0 Å². The summed E-state index contributed by atoms with van der Waals surface area (Å²) in [7, 11) is 0. The molecule has 2 bridgehead atoms. The van der Waals surface area contributed by atoms with E-state index in [0.29, 0.717) is 29.8 Å². The fourth-order valence-electron chi connectivity index (χ4n) is 5.14. The van der Waals surface area contributed by atoms with Crippen LogP contribution in [0.15, 0.2) is 91.0 Å². The molecular weight excluding hydrogens is 458 g/mol. The predicted molar refractivity (Wildman–Crippen MR) is 136 cm³/mol. The van der Waals surface area contributed by atoms with Crippen molar-refractivity contribution in [3.8, 4) is 0 Å². The number of hydrogen-bond donors (Lipinski definition) is 0. The molecule has 0 N–H and O–H groups in total. The first-order chi connectivity index (χ1) is 17.4. The van der Waals surface area contributed by atoms with Crippen molar-refractivity contribution in [3.05, 3.63) is 128 Å². The van der Waals surface area contributed by atoms with Gasteiger partial charge in [0.2, 0.25) is 0 Å². The molecule has 36 heavy (non-hydrogen) atoms. The molecule has 3 unspecified atom stereocenters. The van der Waals surface area contributed by atoms with Crippen LogP contribution in [0.5, 0.6) is 0 Å². The van der Waals surface area contributed by atoms with E-state index in [4.69, 9.17) is 0 Å². The maximum atomic E-state index is 13.2. The van der Waals surface area contributed by atoms with Gasteiger partial charge in [-0.3, -0.25) is 25.0 Å². The number of piperidine rings is 1. The highest BCUT2D eigenvalue weighted by Crippen LogP contribution is 2.43. The van der Waals surface area contributed by atoms with Gasteiger partial charge in [0.05, 0.1) is 15.9 Å². The Morgan fingerprint density at radius 1 is 0.889 bits per heavy atom. The highest BCUT2D eigenvalue weighted by molar-refractivity contribution is 5.97. The van der Waals surface area contributed by atoms with Crippen LogP contribution in [-0.4, -0.2) is 33.1 Å². The first-order valence-electron chi connectivity index (χ1n) is 11.7. The third-order valence-electron chi connectivity index (χ3n) is 6.91. The van der Waals surface area contributed by atoms with Crippen LogP contribution in [0.3, 0.4) is 0 Å². The molecule has 0 spiro atoms. The minimum Gasteiger partial charge on any atom is -0.360 e. The molecule has 2 heterocycles. The molecule has 0 amide bonds. The highest BCUT2D eigenvalue weighted by Gasteiger charge is 2.41. The van der Waals surface area contributed by atoms with Gasteiger partial charge in [0.1, 0.15) is 0 Å². The average molecular weight is 482 g/mol. The van der Waals surface area contributed by atoms with Crippen LogP contribution >= 0.6 is 0 Å². The number of non-ortho nitro benzene ring substituents is 2. The molecule has 1 aliphatic carbocycles. The molecule has 3 aromatic carbocycles. The lowest BCUT2D eigenvalue weighted by atomic mass is 9.78. The van der Waals surface area contributed by atoms with Crippen LogP contribution in [0.2, 0.25) is 0 Å². The number of fused-ring (bicyclic) bond motifs is 3. The highest BCUT2D eigenvalue weighted by atomic mass is 16.6. The fraction of sp³-hybridized carbons (Fsp3) is 0.179. The van der Waals surface area contributed by atoms with Crippen LogP contribution < -0.4 is 0 Å². The van der Waals surface area contributed by atoms with Gasteiger partial charge in [-0.25, -0.2) is 0 Å². The van der Waals surface area contributed by atoms with E-state index in [0.717, 1.165) is 0 Å². The van der Waals surface area contributed by atoms with Crippen molar-refractivity contribution in [2.45, 2.75) is 18.4 Å². The smallest absolute Gasteiger partial charge is 0.270 e. The zero-order valence-electron chi connectivity index (χ0n) is 19.3. The summed E-state index contributed by atoms with van der Waals surface area (Å²) in [4.78, 5) is 36.9. The van der Waals surface area contributed by atoms with Crippen molar-refractivity contribution in [1.82, 2.24) is 4.90 Å². The molecule has 0 aromatic heterocycles. The Morgan fingerprint density at radius 2 is 1.61 bits per heavy atom. The largest absolute Gasteiger partial charge is 0.360 e. The van der Waals surface area contributed by atoms with Crippen LogP contribution in [0.4, 0.5) is 11.4 Å². The molecule has 2 aliphatic heterocycles. The number of nitro benzene ring substituents is 2. The Morgan fingerprint density at radius 3 is 2.31 bits per heavy atom. The zero-order valence-corrected chi connectivity index (χ0v) is 19.3. The zero-order chi connectivity index (χ0) is 25.2. The number of nitrogens with zero attached hydrogens (tertiary/aromatic N) is 3. The second kappa shape index (κ2) is 9.58. The standard InChI is InChI=1S/C28H23N3O5/c32-28-14-11-22-18-29(27(28)17-25(22)20-6-2-1-3-7-20)26(21-9-12-23(13-10-21)30(33)34)16-19-5-4-8-24(15-19)31(35)36/h1-16,22,25,27H,17-18H2. The summed E-state index contributed by atoms with van der Waals surface area (Å²) in [6.07, 6.45) is 6.10. The minimum atomic E-state index is -0.459. The third kappa shape index (κ3) is 4.53. The molecular formula is C28H23N3O5. The molecule has 3 aliphatic rings. The first kappa shape index (κ1) is 23.2. The van der Waals surface area contributed by atoms with Crippen molar-refractivity contribution < 1.29 is 14.6 Å². The van der Waals surface area contributed by atoms with Crippen LogP contribution in [0, 0.1) is 26.1 Å². The number of benzene rings is 3. The third-order valence-corrected chi connectivity index (χ3v) is 6.91. The van der Waals surface area contributed by atoms with E-state index >= 15 is 0 Å². The first-order valence-corrected chi connectivity index (χ1v) is 11.7. The maximum absolute atomic E-state index is 13.2. The molecule has 8 nitrogen and oxygen atoms in total. The number of carbonyl (C=O) groups is 1. The number of nitro groups is 2. The Hall–Kier alpha value is -4.59. The predicted octanol–water partition coefficient (Wildman–Crippen LogP) is 5.61. The monoisotopic (exact) mass is 481 g/mol. The number of ketones is 1. The Bertz CT molecular complexity index is 1380. The summed E-state index contributed by atoms with van der Waals surface area (Å²) < 4.78 is 0. The quantitative estimate of drug-likeness (QED) is 0.257. The minimum absolute atomic E-state index is 0.00258. The topological polar surface area (TPSA) is 107 Å². The maximum Gasteiger partial charge on any atom is 0.270 e. The van der Waals surface area contributed by atoms with E-state index in [-0.39, 0.29) is 29.0 Å². The van der Waals surface area contributed by atoms with Crippen LogP contribution in [-0.2, 0) is 4.79 Å². The molecule has 6 rings (SSSR count). The van der Waals surface area contributed by atoms with Crippen molar-refractivity contribution in [2.24, 2.45) is 5.92 Å². The van der Waals surface area contributed by atoms with Crippen molar-refractivity contribution in [3.63, 3.8) is 0 Å². The summed E-state index contributed by atoms with van der Waals surface area (Å²) in [5.41, 5.74) is 3.12. The van der Waals surface area contributed by atoms with Crippen LogP contribution in [0.25, 0.3) is 11.8 Å². The van der Waals surface area contributed by atoms with Crippen LogP contribution in [0.1, 0.15) is 29.0 Å². The van der Waals surface area contributed by atoms with Gasteiger partial charge in [0, 0.05) is 42.4 Å². The number of rotatable bonds is 6. The number of carbonyl (C=O) groups excluding carboxylic acids is 1. The van der Waals surface area contributed by atoms with Gasteiger partial charge in [0.25, 0.3) is 11.4 Å². The van der Waals surface area contributed by atoms with Crippen molar-refractivity contribution >= 4 is 28.9 Å². The second-order valence-corrected chi connectivity index (χ2v) is 9.03. The van der Waals surface area contributed by atoms with Gasteiger partial charge < -0.3 is 4.90 Å². The molecule has 8 heteroatoms. The number of hydrogen-bond acceptors (Lipinski definition) is 6. The summed E-state index contributed by atoms with van der Waals surface area (Å²) in [5.74, 6) is 0.274. The molecule has 3 atom stereocenters. The average Bonchev–Trinajstić information content (AvgIpc) is 3.16. The van der Waals surface area contributed by atoms with E-state index in [2.05, 4.69) is 12.1 Å². The molecule has 1 fully saturated rings. The van der Waals surface area contributed by atoms with Crippen molar-refractivity contribution in [2.75, 3.05) is 6.54 Å².